The number of hydrogen-bond donors (Lipinski definition) is 0. The summed E-state index contributed by atoms with van der Waals surface area (Å²) in [5.41, 5.74) is 1.31. The minimum atomic E-state index is -0.150. The topological polar surface area (TPSA) is 59.8 Å². The maximum atomic E-state index is 13.2. The van der Waals surface area contributed by atoms with E-state index in [0.717, 1.165) is 50.6 Å². The third-order valence-electron chi connectivity index (χ3n) is 5.53. The summed E-state index contributed by atoms with van der Waals surface area (Å²) in [6.45, 7) is 9.64. The van der Waals surface area contributed by atoms with E-state index in [0.29, 0.717) is 22.7 Å². The van der Waals surface area contributed by atoms with Gasteiger partial charge in [-0.2, -0.15) is 0 Å². The summed E-state index contributed by atoms with van der Waals surface area (Å²) in [5.74, 6) is 0.864. The summed E-state index contributed by atoms with van der Waals surface area (Å²) in [5, 5.41) is 0.787. The molecule has 0 aliphatic heterocycles. The minimum absolute atomic E-state index is 0.0425. The lowest BCUT2D eigenvalue weighted by molar-refractivity contribution is -0.130. The number of rotatable bonds is 12. The molecule has 1 unspecified atom stereocenters. The highest BCUT2D eigenvalue weighted by Gasteiger charge is 2.27. The third-order valence-corrected chi connectivity index (χ3v) is 5.53. The lowest BCUT2D eigenvalue weighted by Gasteiger charge is -2.22. The molecule has 1 aromatic carbocycles. The monoisotopic (exact) mass is 401 g/mol. The van der Waals surface area contributed by atoms with Crippen LogP contribution in [-0.4, -0.2) is 36.8 Å². The van der Waals surface area contributed by atoms with Gasteiger partial charge in [0.15, 0.2) is 5.76 Å². The number of Topliss-reactive ketones (excluding diaryl/α,β-unsaturated/α-hetero) is 1. The Balaban J connectivity index is 2.44. The molecule has 2 rings (SSSR count). The van der Waals surface area contributed by atoms with Gasteiger partial charge in [-0.05, 0) is 37.5 Å². The Hall–Kier alpha value is -2.30. The minimum Gasteiger partial charge on any atom is -0.497 e. The summed E-state index contributed by atoms with van der Waals surface area (Å²) in [6.07, 6.45) is 4.94. The van der Waals surface area contributed by atoms with Crippen LogP contribution in [-0.2, 0) is 11.2 Å². The molecule has 0 saturated heterocycles. The molecule has 0 aliphatic rings. The number of furan rings is 1. The fourth-order valence-electron chi connectivity index (χ4n) is 3.36. The van der Waals surface area contributed by atoms with Crippen molar-refractivity contribution in [2.24, 2.45) is 5.92 Å². The Labute approximate surface area is 174 Å². The van der Waals surface area contributed by atoms with Crippen molar-refractivity contribution < 1.29 is 18.7 Å². The fraction of sp³-hybridized carbons (Fsp3) is 0.583. The number of carbonyl (C=O) groups is 2. The lowest BCUT2D eigenvalue weighted by Crippen LogP contribution is -2.34. The maximum Gasteiger partial charge on any atom is 0.227 e. The van der Waals surface area contributed by atoms with Crippen LogP contribution in [0.3, 0.4) is 0 Å². The van der Waals surface area contributed by atoms with E-state index < -0.39 is 0 Å². The number of unbranched alkanes of at least 4 members (excludes halogenated alkanes) is 2. The first kappa shape index (κ1) is 23.0. The van der Waals surface area contributed by atoms with Crippen LogP contribution in [0.4, 0.5) is 0 Å². The van der Waals surface area contributed by atoms with E-state index in [1.807, 2.05) is 36.9 Å². The number of nitrogens with zero attached hydrogens (tertiary/aromatic N) is 1. The standard InChI is InChI=1S/C24H35NO4/c1-6-9-13-25(14-10-7-2)22(26)16-20-19-15-18(28-5)11-12-21(19)29-24(20)23(27)17(4)8-3/h11-12,15,17H,6-10,13-14,16H2,1-5H3. The summed E-state index contributed by atoms with van der Waals surface area (Å²) in [6, 6.07) is 5.47. The molecule has 0 radical (unpaired) electrons. The van der Waals surface area contributed by atoms with Crippen molar-refractivity contribution in [1.29, 1.82) is 0 Å². The Morgan fingerprint density at radius 2 is 1.76 bits per heavy atom. The molecule has 160 valence electrons. The van der Waals surface area contributed by atoms with E-state index in [1.165, 1.54) is 0 Å². The third kappa shape index (κ3) is 5.62. The Bertz CT molecular complexity index is 816. The highest BCUT2D eigenvalue weighted by Crippen LogP contribution is 2.32. The Kier molecular flexibility index (Phi) is 8.74. The molecular weight excluding hydrogens is 366 g/mol. The zero-order chi connectivity index (χ0) is 21.4. The number of carbonyl (C=O) groups excluding carboxylic acids is 2. The molecule has 2 aromatic rings. The van der Waals surface area contributed by atoms with Gasteiger partial charge in [-0.25, -0.2) is 0 Å². The smallest absolute Gasteiger partial charge is 0.227 e. The van der Waals surface area contributed by atoms with Gasteiger partial charge in [0, 0.05) is 30.0 Å². The molecule has 0 saturated carbocycles. The lowest BCUT2D eigenvalue weighted by atomic mass is 9.96. The first-order chi connectivity index (χ1) is 14.0. The van der Waals surface area contributed by atoms with Gasteiger partial charge in [0.25, 0.3) is 0 Å². The molecule has 1 atom stereocenters. The van der Waals surface area contributed by atoms with E-state index in [-0.39, 0.29) is 24.0 Å². The second-order valence-electron chi connectivity index (χ2n) is 7.71. The van der Waals surface area contributed by atoms with Crippen LogP contribution >= 0.6 is 0 Å². The largest absolute Gasteiger partial charge is 0.497 e. The normalized spacial score (nSPS) is 12.2. The first-order valence-corrected chi connectivity index (χ1v) is 10.9. The predicted octanol–water partition coefficient (Wildman–Crippen LogP) is 5.64. The molecule has 5 heteroatoms. The van der Waals surface area contributed by atoms with Crippen LogP contribution in [0.1, 0.15) is 75.9 Å². The van der Waals surface area contributed by atoms with Crippen molar-refractivity contribution in [1.82, 2.24) is 4.90 Å². The first-order valence-electron chi connectivity index (χ1n) is 10.9. The van der Waals surface area contributed by atoms with Gasteiger partial charge < -0.3 is 14.1 Å². The molecule has 0 bridgehead atoms. The fourth-order valence-corrected chi connectivity index (χ4v) is 3.36. The molecule has 1 aromatic heterocycles. The van der Waals surface area contributed by atoms with Crippen molar-refractivity contribution in [2.75, 3.05) is 20.2 Å². The average molecular weight is 402 g/mol. The number of ketones is 1. The van der Waals surface area contributed by atoms with Crippen molar-refractivity contribution >= 4 is 22.7 Å². The Morgan fingerprint density at radius 1 is 1.10 bits per heavy atom. The maximum absolute atomic E-state index is 13.2. The van der Waals surface area contributed by atoms with E-state index in [9.17, 15) is 9.59 Å². The molecule has 5 nitrogen and oxygen atoms in total. The number of amides is 1. The summed E-state index contributed by atoms with van der Waals surface area (Å²) in [7, 11) is 1.61. The molecule has 0 N–H and O–H groups in total. The highest BCUT2D eigenvalue weighted by atomic mass is 16.5. The van der Waals surface area contributed by atoms with E-state index in [2.05, 4.69) is 13.8 Å². The van der Waals surface area contributed by atoms with Crippen LogP contribution in [0.2, 0.25) is 0 Å². The van der Waals surface area contributed by atoms with E-state index in [4.69, 9.17) is 9.15 Å². The second kappa shape index (κ2) is 11.0. The van der Waals surface area contributed by atoms with Gasteiger partial charge in [0.2, 0.25) is 11.7 Å². The predicted molar refractivity (Wildman–Crippen MR) is 117 cm³/mol. The summed E-state index contributed by atoms with van der Waals surface area (Å²) >= 11 is 0. The van der Waals surface area contributed by atoms with E-state index in [1.54, 1.807) is 7.11 Å². The molecule has 0 spiro atoms. The van der Waals surface area contributed by atoms with Gasteiger partial charge in [-0.15, -0.1) is 0 Å². The van der Waals surface area contributed by atoms with Gasteiger partial charge in [-0.3, -0.25) is 9.59 Å². The molecular formula is C24H35NO4. The van der Waals surface area contributed by atoms with Crippen molar-refractivity contribution in [3.63, 3.8) is 0 Å². The number of hydrogen-bond acceptors (Lipinski definition) is 4. The van der Waals surface area contributed by atoms with Crippen molar-refractivity contribution in [3.8, 4) is 5.75 Å². The van der Waals surface area contributed by atoms with Crippen molar-refractivity contribution in [3.05, 3.63) is 29.5 Å². The Morgan fingerprint density at radius 3 is 2.31 bits per heavy atom. The van der Waals surface area contributed by atoms with Crippen LogP contribution in [0, 0.1) is 5.92 Å². The van der Waals surface area contributed by atoms with Crippen molar-refractivity contribution in [2.45, 2.75) is 66.2 Å². The average Bonchev–Trinajstić information content (AvgIpc) is 3.09. The number of ether oxygens (including phenoxy) is 1. The SMILES string of the molecule is CCCCN(CCCC)C(=O)Cc1c(C(=O)C(C)CC)oc2ccc(OC)cc12. The zero-order valence-electron chi connectivity index (χ0n) is 18.5. The number of fused-ring (bicyclic) bond motifs is 1. The summed E-state index contributed by atoms with van der Waals surface area (Å²) < 4.78 is 11.3. The molecule has 29 heavy (non-hydrogen) atoms. The molecule has 0 fully saturated rings. The zero-order valence-corrected chi connectivity index (χ0v) is 18.5. The van der Waals surface area contributed by atoms with Crippen LogP contribution in [0.25, 0.3) is 11.0 Å². The molecule has 0 aliphatic carbocycles. The summed E-state index contributed by atoms with van der Waals surface area (Å²) in [4.78, 5) is 28.1. The molecule has 1 amide bonds. The highest BCUT2D eigenvalue weighted by molar-refractivity contribution is 6.03. The molecule has 1 heterocycles. The van der Waals surface area contributed by atoms with E-state index >= 15 is 0 Å². The van der Waals surface area contributed by atoms with Crippen LogP contribution < -0.4 is 4.74 Å². The second-order valence-corrected chi connectivity index (χ2v) is 7.71. The van der Waals surface area contributed by atoms with Gasteiger partial charge in [-0.1, -0.05) is 40.5 Å². The van der Waals surface area contributed by atoms with Crippen LogP contribution in [0.5, 0.6) is 5.75 Å². The van der Waals surface area contributed by atoms with Gasteiger partial charge in [0.05, 0.1) is 13.5 Å². The quantitative estimate of drug-likeness (QED) is 0.432. The van der Waals surface area contributed by atoms with Crippen LogP contribution in [0.15, 0.2) is 22.6 Å². The number of methoxy groups -OCH3 is 1. The van der Waals surface area contributed by atoms with Gasteiger partial charge in [0.1, 0.15) is 11.3 Å². The van der Waals surface area contributed by atoms with Gasteiger partial charge >= 0.3 is 0 Å². The number of benzene rings is 1.